The Hall–Kier alpha value is -1.83. The highest BCUT2D eigenvalue weighted by atomic mass is 32.2. The van der Waals surface area contributed by atoms with Gasteiger partial charge in [-0.15, -0.1) is 0 Å². The second-order valence-electron chi connectivity index (χ2n) is 7.59. The van der Waals surface area contributed by atoms with E-state index < -0.39 is 10.0 Å². The van der Waals surface area contributed by atoms with Gasteiger partial charge >= 0.3 is 0 Å². The fourth-order valence-electron chi connectivity index (χ4n) is 3.54. The van der Waals surface area contributed by atoms with Gasteiger partial charge in [-0.3, -0.25) is 4.79 Å². The lowest BCUT2D eigenvalue weighted by Gasteiger charge is -2.21. The minimum Gasteiger partial charge on any atom is -0.351 e. The van der Waals surface area contributed by atoms with Gasteiger partial charge in [0, 0.05) is 36.7 Å². The highest BCUT2D eigenvalue weighted by Gasteiger charge is 2.27. The van der Waals surface area contributed by atoms with Crippen molar-refractivity contribution in [3.05, 3.63) is 65.2 Å². The third-order valence-electron chi connectivity index (χ3n) is 5.28. The van der Waals surface area contributed by atoms with E-state index in [1.807, 2.05) is 18.2 Å². The molecule has 162 valence electrons. The van der Waals surface area contributed by atoms with E-state index in [0.29, 0.717) is 30.8 Å². The zero-order valence-electron chi connectivity index (χ0n) is 17.5. The first-order chi connectivity index (χ1) is 14.5. The predicted molar refractivity (Wildman–Crippen MR) is 123 cm³/mol. The molecule has 1 aliphatic rings. The zero-order chi connectivity index (χ0) is 21.4. The molecule has 7 heteroatoms. The number of thioether (sulfide) groups is 1. The van der Waals surface area contributed by atoms with Gasteiger partial charge < -0.3 is 5.32 Å². The number of nitrogens with one attached hydrogen (secondary N) is 1. The van der Waals surface area contributed by atoms with Gasteiger partial charge in [0.15, 0.2) is 0 Å². The minimum atomic E-state index is -3.58. The number of hydrogen-bond acceptors (Lipinski definition) is 4. The van der Waals surface area contributed by atoms with Crippen LogP contribution in [-0.4, -0.2) is 44.0 Å². The molecule has 0 saturated carbocycles. The summed E-state index contributed by atoms with van der Waals surface area (Å²) >= 11 is 1.76. The molecule has 2 aromatic rings. The summed E-state index contributed by atoms with van der Waals surface area (Å²) in [7, 11) is -3.58. The van der Waals surface area contributed by atoms with Gasteiger partial charge in [0.2, 0.25) is 10.0 Å². The van der Waals surface area contributed by atoms with Crippen molar-refractivity contribution in [1.82, 2.24) is 9.62 Å². The van der Waals surface area contributed by atoms with Crippen LogP contribution in [0.5, 0.6) is 0 Å². The third kappa shape index (κ3) is 6.09. The summed E-state index contributed by atoms with van der Waals surface area (Å²) < 4.78 is 27.9. The summed E-state index contributed by atoms with van der Waals surface area (Å²) in [5, 5.41) is 2.90. The summed E-state index contributed by atoms with van der Waals surface area (Å²) in [5.74, 6) is 1.47. The van der Waals surface area contributed by atoms with Crippen LogP contribution in [0.25, 0.3) is 0 Å². The van der Waals surface area contributed by atoms with E-state index in [4.69, 9.17) is 0 Å². The van der Waals surface area contributed by atoms with Gasteiger partial charge in [0.25, 0.3) is 5.91 Å². The maximum atomic E-state index is 13.2. The highest BCUT2D eigenvalue weighted by Crippen LogP contribution is 2.24. The lowest BCUT2D eigenvalue weighted by Crippen LogP contribution is -2.33. The van der Waals surface area contributed by atoms with Crippen LogP contribution in [0.1, 0.15) is 47.2 Å². The SMILES string of the molecule is Cc1ccc(C(=O)NCCSCc2ccccc2)cc1S(=O)(=O)N1CCCCCC1. The summed E-state index contributed by atoms with van der Waals surface area (Å²) in [4.78, 5) is 12.8. The Bertz CT molecular complexity index is 938. The Balaban J connectivity index is 1.59. The first-order valence-corrected chi connectivity index (χ1v) is 13.1. The molecule has 0 bridgehead atoms. The van der Waals surface area contributed by atoms with Gasteiger partial charge in [0.05, 0.1) is 4.90 Å². The van der Waals surface area contributed by atoms with Crippen LogP contribution in [0.4, 0.5) is 0 Å². The maximum absolute atomic E-state index is 13.2. The number of aryl methyl sites for hydroxylation is 1. The quantitative estimate of drug-likeness (QED) is 0.617. The number of carbonyl (C=O) groups is 1. The Labute approximate surface area is 184 Å². The van der Waals surface area contributed by atoms with Gasteiger partial charge in [0.1, 0.15) is 0 Å². The van der Waals surface area contributed by atoms with Crippen LogP contribution < -0.4 is 5.32 Å². The van der Waals surface area contributed by atoms with Gasteiger partial charge in [-0.1, -0.05) is 49.2 Å². The van der Waals surface area contributed by atoms with Crippen LogP contribution >= 0.6 is 11.8 Å². The summed E-state index contributed by atoms with van der Waals surface area (Å²) in [6.45, 7) is 3.43. The second-order valence-corrected chi connectivity index (χ2v) is 10.6. The largest absolute Gasteiger partial charge is 0.351 e. The molecular formula is C23H30N2O3S2. The standard InChI is InChI=1S/C23H30N2O3S2/c1-19-11-12-21(17-22(19)30(27,28)25-14-7-2-3-8-15-25)23(26)24-13-16-29-18-20-9-5-4-6-10-20/h4-6,9-12,17H,2-3,7-8,13-16,18H2,1H3,(H,24,26). The predicted octanol–water partition coefficient (Wildman–Crippen LogP) is 4.22. The fourth-order valence-corrected chi connectivity index (χ4v) is 6.13. The van der Waals surface area contributed by atoms with Crippen molar-refractivity contribution in [2.24, 2.45) is 0 Å². The molecule has 1 amide bonds. The summed E-state index contributed by atoms with van der Waals surface area (Å²) in [6.07, 6.45) is 3.91. The maximum Gasteiger partial charge on any atom is 0.251 e. The first kappa shape index (κ1) is 22.8. The van der Waals surface area contributed by atoms with Crippen molar-refractivity contribution in [1.29, 1.82) is 0 Å². The number of benzene rings is 2. The van der Waals surface area contributed by atoms with E-state index in [0.717, 1.165) is 37.2 Å². The summed E-state index contributed by atoms with van der Waals surface area (Å²) in [5.41, 5.74) is 2.33. The van der Waals surface area contributed by atoms with Crippen LogP contribution in [0.2, 0.25) is 0 Å². The average Bonchev–Trinajstić information content (AvgIpc) is 3.04. The molecule has 1 N–H and O–H groups in total. The normalized spacial score (nSPS) is 15.5. The molecule has 1 fully saturated rings. The van der Waals surface area contributed by atoms with E-state index in [1.54, 1.807) is 35.1 Å². The molecule has 0 aromatic heterocycles. The molecule has 3 rings (SSSR count). The van der Waals surface area contributed by atoms with Gasteiger partial charge in [-0.2, -0.15) is 16.1 Å². The van der Waals surface area contributed by atoms with E-state index in [2.05, 4.69) is 17.4 Å². The Morgan fingerprint density at radius 1 is 1.03 bits per heavy atom. The van der Waals surface area contributed by atoms with Crippen LogP contribution in [0, 0.1) is 6.92 Å². The molecule has 1 saturated heterocycles. The van der Waals surface area contributed by atoms with E-state index in [1.165, 1.54) is 11.6 Å². The Morgan fingerprint density at radius 2 is 1.73 bits per heavy atom. The van der Waals surface area contributed by atoms with Crippen LogP contribution in [0.3, 0.4) is 0 Å². The van der Waals surface area contributed by atoms with Gasteiger partial charge in [-0.05, 0) is 43.0 Å². The number of nitrogens with zero attached hydrogens (tertiary/aromatic N) is 1. The van der Waals surface area contributed by atoms with Crippen LogP contribution in [-0.2, 0) is 15.8 Å². The average molecular weight is 447 g/mol. The van der Waals surface area contributed by atoms with E-state index in [-0.39, 0.29) is 10.8 Å². The second kappa shape index (κ2) is 11.0. The summed E-state index contributed by atoms with van der Waals surface area (Å²) in [6, 6.07) is 15.2. The number of hydrogen-bond donors (Lipinski definition) is 1. The number of rotatable bonds is 8. The molecule has 0 atom stereocenters. The topological polar surface area (TPSA) is 66.5 Å². The van der Waals surface area contributed by atoms with Crippen molar-refractivity contribution >= 4 is 27.7 Å². The lowest BCUT2D eigenvalue weighted by atomic mass is 10.1. The molecule has 5 nitrogen and oxygen atoms in total. The molecule has 0 unspecified atom stereocenters. The van der Waals surface area contributed by atoms with Gasteiger partial charge in [-0.25, -0.2) is 8.42 Å². The van der Waals surface area contributed by atoms with E-state index in [9.17, 15) is 13.2 Å². The molecule has 30 heavy (non-hydrogen) atoms. The fraction of sp³-hybridized carbons (Fsp3) is 0.435. The molecule has 0 aliphatic carbocycles. The molecule has 0 spiro atoms. The molecule has 1 heterocycles. The van der Waals surface area contributed by atoms with Crippen molar-refractivity contribution in [3.63, 3.8) is 0 Å². The highest BCUT2D eigenvalue weighted by molar-refractivity contribution is 7.98. The molecule has 2 aromatic carbocycles. The van der Waals surface area contributed by atoms with E-state index >= 15 is 0 Å². The Morgan fingerprint density at radius 3 is 2.43 bits per heavy atom. The number of amides is 1. The number of carbonyl (C=O) groups excluding carboxylic acids is 1. The third-order valence-corrected chi connectivity index (χ3v) is 8.35. The molecular weight excluding hydrogens is 416 g/mol. The molecule has 0 radical (unpaired) electrons. The van der Waals surface area contributed by atoms with Crippen LogP contribution in [0.15, 0.2) is 53.4 Å². The Kier molecular flexibility index (Phi) is 8.36. The first-order valence-electron chi connectivity index (χ1n) is 10.5. The smallest absolute Gasteiger partial charge is 0.251 e. The zero-order valence-corrected chi connectivity index (χ0v) is 19.1. The monoisotopic (exact) mass is 446 g/mol. The van der Waals surface area contributed by atoms with Crippen molar-refractivity contribution in [2.45, 2.75) is 43.3 Å². The lowest BCUT2D eigenvalue weighted by molar-refractivity contribution is 0.0956. The van der Waals surface area contributed by atoms with Crippen molar-refractivity contribution < 1.29 is 13.2 Å². The van der Waals surface area contributed by atoms with Crippen molar-refractivity contribution in [2.75, 3.05) is 25.4 Å². The number of sulfonamides is 1. The van der Waals surface area contributed by atoms with Crippen molar-refractivity contribution in [3.8, 4) is 0 Å². The minimum absolute atomic E-state index is 0.234. The molecule has 1 aliphatic heterocycles.